The standard InChI is InChI=1S/C16H19N3O3/c1-4-16(3)21-13-6-5-11(8-14(13)22-16)17-15(20)9-12-7-10(2)18-19-12/h5-8H,4,9H2,1-3H3,(H,17,20)(H,18,19)/t16-/m1/s1. The minimum atomic E-state index is -0.627. The second-order valence-electron chi connectivity index (χ2n) is 5.62. The van der Waals surface area contributed by atoms with E-state index in [1.807, 2.05) is 32.9 Å². The first-order valence-electron chi connectivity index (χ1n) is 7.30. The van der Waals surface area contributed by atoms with Crippen LogP contribution in [0.3, 0.4) is 0 Å². The van der Waals surface area contributed by atoms with E-state index in [9.17, 15) is 4.79 Å². The van der Waals surface area contributed by atoms with Crippen molar-refractivity contribution in [2.45, 2.75) is 39.4 Å². The molecule has 6 nitrogen and oxygen atoms in total. The molecule has 1 aromatic heterocycles. The second-order valence-corrected chi connectivity index (χ2v) is 5.62. The average molecular weight is 301 g/mol. The van der Waals surface area contributed by atoms with Gasteiger partial charge in [0, 0.05) is 30.8 Å². The van der Waals surface area contributed by atoms with Gasteiger partial charge < -0.3 is 14.8 Å². The maximum Gasteiger partial charge on any atom is 0.248 e. The number of aryl methyl sites for hydroxylation is 1. The highest BCUT2D eigenvalue weighted by Crippen LogP contribution is 2.41. The van der Waals surface area contributed by atoms with Crippen molar-refractivity contribution < 1.29 is 14.3 Å². The molecule has 0 bridgehead atoms. The zero-order valence-corrected chi connectivity index (χ0v) is 12.9. The Morgan fingerprint density at radius 2 is 2.09 bits per heavy atom. The average Bonchev–Trinajstić information content (AvgIpc) is 3.01. The molecule has 1 amide bonds. The third-order valence-electron chi connectivity index (χ3n) is 3.62. The molecule has 0 saturated carbocycles. The molecule has 1 atom stereocenters. The lowest BCUT2D eigenvalue weighted by atomic mass is 10.2. The van der Waals surface area contributed by atoms with Gasteiger partial charge in [-0.05, 0) is 25.1 Å². The number of carbonyl (C=O) groups excluding carboxylic acids is 1. The molecule has 2 aromatic rings. The van der Waals surface area contributed by atoms with Crippen molar-refractivity contribution in [3.63, 3.8) is 0 Å². The van der Waals surface area contributed by atoms with Crippen LogP contribution in [0.25, 0.3) is 0 Å². The molecule has 1 aromatic carbocycles. The predicted octanol–water partition coefficient (Wildman–Crippen LogP) is 2.80. The number of nitrogens with zero attached hydrogens (tertiary/aromatic N) is 1. The number of rotatable bonds is 4. The largest absolute Gasteiger partial charge is 0.449 e. The van der Waals surface area contributed by atoms with Crippen molar-refractivity contribution in [1.29, 1.82) is 0 Å². The van der Waals surface area contributed by atoms with E-state index in [2.05, 4.69) is 15.5 Å². The van der Waals surface area contributed by atoms with Gasteiger partial charge in [-0.15, -0.1) is 0 Å². The number of hydrogen-bond donors (Lipinski definition) is 2. The topological polar surface area (TPSA) is 76.2 Å². The number of H-pyrrole nitrogens is 1. The quantitative estimate of drug-likeness (QED) is 0.910. The molecule has 2 N–H and O–H groups in total. The molecule has 1 aliphatic heterocycles. The Labute approximate surface area is 128 Å². The van der Waals surface area contributed by atoms with Gasteiger partial charge in [-0.25, -0.2) is 0 Å². The molecule has 22 heavy (non-hydrogen) atoms. The second kappa shape index (κ2) is 5.36. The number of carbonyl (C=O) groups is 1. The summed E-state index contributed by atoms with van der Waals surface area (Å²) in [5.41, 5.74) is 2.33. The first-order chi connectivity index (χ1) is 10.5. The van der Waals surface area contributed by atoms with Gasteiger partial charge in [0.25, 0.3) is 0 Å². The van der Waals surface area contributed by atoms with Crippen LogP contribution in [0, 0.1) is 6.92 Å². The van der Waals surface area contributed by atoms with Crippen LogP contribution < -0.4 is 14.8 Å². The number of aromatic nitrogens is 2. The van der Waals surface area contributed by atoms with E-state index in [0.29, 0.717) is 22.9 Å². The van der Waals surface area contributed by atoms with Gasteiger partial charge in [0.15, 0.2) is 11.5 Å². The summed E-state index contributed by atoms with van der Waals surface area (Å²) < 4.78 is 11.5. The summed E-state index contributed by atoms with van der Waals surface area (Å²) in [6.45, 7) is 5.79. The molecule has 2 heterocycles. The Kier molecular flexibility index (Phi) is 3.52. The van der Waals surface area contributed by atoms with Gasteiger partial charge in [-0.3, -0.25) is 9.89 Å². The molecule has 6 heteroatoms. The first kappa shape index (κ1) is 14.4. The predicted molar refractivity (Wildman–Crippen MR) is 82.1 cm³/mol. The number of ether oxygens (including phenoxy) is 2. The fourth-order valence-electron chi connectivity index (χ4n) is 2.31. The lowest BCUT2D eigenvalue weighted by molar-refractivity contribution is -0.115. The van der Waals surface area contributed by atoms with Crippen LogP contribution in [0.1, 0.15) is 31.7 Å². The Morgan fingerprint density at radius 3 is 2.77 bits per heavy atom. The van der Waals surface area contributed by atoms with Gasteiger partial charge in [-0.1, -0.05) is 6.92 Å². The molecule has 0 spiro atoms. The fourth-order valence-corrected chi connectivity index (χ4v) is 2.31. The van der Waals surface area contributed by atoms with Crippen LogP contribution in [0.2, 0.25) is 0 Å². The van der Waals surface area contributed by atoms with E-state index < -0.39 is 5.79 Å². The van der Waals surface area contributed by atoms with Gasteiger partial charge in [0.05, 0.1) is 12.1 Å². The smallest absolute Gasteiger partial charge is 0.248 e. The van der Waals surface area contributed by atoms with Crippen molar-refractivity contribution in [2.24, 2.45) is 0 Å². The van der Waals surface area contributed by atoms with E-state index in [1.54, 1.807) is 12.1 Å². The molecular weight excluding hydrogens is 282 g/mol. The number of hydrogen-bond acceptors (Lipinski definition) is 4. The molecule has 0 aliphatic carbocycles. The van der Waals surface area contributed by atoms with Crippen LogP contribution in [-0.2, 0) is 11.2 Å². The highest BCUT2D eigenvalue weighted by Gasteiger charge is 2.34. The molecular formula is C16H19N3O3. The van der Waals surface area contributed by atoms with Crippen molar-refractivity contribution in [1.82, 2.24) is 10.2 Å². The van der Waals surface area contributed by atoms with E-state index in [0.717, 1.165) is 12.1 Å². The molecule has 0 unspecified atom stereocenters. The van der Waals surface area contributed by atoms with Crippen LogP contribution >= 0.6 is 0 Å². The monoisotopic (exact) mass is 301 g/mol. The lowest BCUT2D eigenvalue weighted by Gasteiger charge is -2.20. The Morgan fingerprint density at radius 1 is 1.32 bits per heavy atom. The van der Waals surface area contributed by atoms with Crippen molar-refractivity contribution >= 4 is 11.6 Å². The zero-order chi connectivity index (χ0) is 15.7. The van der Waals surface area contributed by atoms with Crippen LogP contribution in [-0.4, -0.2) is 21.9 Å². The van der Waals surface area contributed by atoms with Crippen LogP contribution in [0.5, 0.6) is 11.5 Å². The number of nitrogens with one attached hydrogen (secondary N) is 2. The summed E-state index contributed by atoms with van der Waals surface area (Å²) in [6.07, 6.45) is 0.966. The Balaban J connectivity index is 1.67. The van der Waals surface area contributed by atoms with E-state index in [4.69, 9.17) is 9.47 Å². The molecule has 1 aliphatic rings. The lowest BCUT2D eigenvalue weighted by Crippen LogP contribution is -2.33. The van der Waals surface area contributed by atoms with Crippen molar-refractivity contribution in [3.8, 4) is 11.5 Å². The van der Waals surface area contributed by atoms with Crippen LogP contribution in [0.4, 0.5) is 5.69 Å². The summed E-state index contributed by atoms with van der Waals surface area (Å²) >= 11 is 0. The van der Waals surface area contributed by atoms with Crippen molar-refractivity contribution in [3.05, 3.63) is 35.7 Å². The molecule has 116 valence electrons. The third kappa shape index (κ3) is 2.90. The molecule has 0 radical (unpaired) electrons. The maximum atomic E-state index is 12.0. The summed E-state index contributed by atoms with van der Waals surface area (Å²) in [4.78, 5) is 12.0. The number of amides is 1. The molecule has 0 saturated heterocycles. The first-order valence-corrected chi connectivity index (χ1v) is 7.30. The van der Waals surface area contributed by atoms with E-state index >= 15 is 0 Å². The van der Waals surface area contributed by atoms with Gasteiger partial charge in [-0.2, -0.15) is 5.10 Å². The van der Waals surface area contributed by atoms with Gasteiger partial charge >= 0.3 is 0 Å². The highest BCUT2D eigenvalue weighted by molar-refractivity contribution is 5.92. The maximum absolute atomic E-state index is 12.0. The fraction of sp³-hybridized carbons (Fsp3) is 0.375. The third-order valence-corrected chi connectivity index (χ3v) is 3.62. The van der Waals surface area contributed by atoms with E-state index in [-0.39, 0.29) is 12.3 Å². The molecule has 0 fully saturated rings. The summed E-state index contributed by atoms with van der Waals surface area (Å²) in [5, 5.41) is 9.72. The minimum Gasteiger partial charge on any atom is -0.449 e. The highest BCUT2D eigenvalue weighted by atomic mass is 16.7. The summed E-state index contributed by atoms with van der Waals surface area (Å²) in [7, 11) is 0. The normalized spacial score (nSPS) is 19.2. The summed E-state index contributed by atoms with van der Waals surface area (Å²) in [5.74, 6) is 0.601. The molecule has 3 rings (SSSR count). The minimum absolute atomic E-state index is 0.122. The Bertz CT molecular complexity index is 710. The number of benzene rings is 1. The van der Waals surface area contributed by atoms with Crippen LogP contribution in [0.15, 0.2) is 24.3 Å². The number of aromatic amines is 1. The van der Waals surface area contributed by atoms with Gasteiger partial charge in [0.1, 0.15) is 0 Å². The number of anilines is 1. The van der Waals surface area contributed by atoms with E-state index in [1.165, 1.54) is 0 Å². The number of fused-ring (bicyclic) bond motifs is 1. The van der Waals surface area contributed by atoms with Gasteiger partial charge in [0.2, 0.25) is 11.7 Å². The Hall–Kier alpha value is -2.50. The SMILES string of the molecule is CC[C@]1(C)Oc2ccc(NC(=O)Cc3cc(C)[nH]n3)cc2O1. The van der Waals surface area contributed by atoms with Crippen molar-refractivity contribution in [2.75, 3.05) is 5.32 Å². The summed E-state index contributed by atoms with van der Waals surface area (Å²) in [6, 6.07) is 7.25. The zero-order valence-electron chi connectivity index (χ0n) is 12.9.